The number of thiol groups is 1. The minimum Gasteiger partial charge on any atom is -0.461 e. The molecule has 0 N–H and O–H groups in total. The maximum atomic E-state index is 13.9. The molecular weight excluding hydrogens is 320 g/mol. The lowest BCUT2D eigenvalue weighted by Crippen LogP contribution is -2.20. The second-order valence-corrected chi connectivity index (χ2v) is 5.78. The lowest BCUT2D eigenvalue weighted by atomic mass is 10.0. The number of halogens is 2. The second-order valence-electron chi connectivity index (χ2n) is 5.30. The van der Waals surface area contributed by atoms with Crippen LogP contribution in [0.15, 0.2) is 41.3 Å². The Morgan fingerprint density at radius 3 is 2.57 bits per heavy atom. The number of ether oxygens (including phenoxy) is 1. The Kier molecular flexibility index (Phi) is 5.74. The number of benzene rings is 2. The molecule has 6 heteroatoms. The summed E-state index contributed by atoms with van der Waals surface area (Å²) in [5.41, 5.74) is 0.912. The van der Waals surface area contributed by atoms with E-state index in [0.717, 1.165) is 6.07 Å². The van der Waals surface area contributed by atoms with E-state index >= 15 is 0 Å². The van der Waals surface area contributed by atoms with Crippen molar-refractivity contribution in [1.29, 1.82) is 0 Å². The van der Waals surface area contributed by atoms with Gasteiger partial charge in [-0.05, 0) is 43.9 Å². The van der Waals surface area contributed by atoms with Gasteiger partial charge in [-0.2, -0.15) is 0 Å². The molecule has 0 aliphatic heterocycles. The number of esters is 1. The fraction of sp³-hybridized carbons (Fsp3) is 0.235. The Morgan fingerprint density at radius 2 is 1.91 bits per heavy atom. The van der Waals surface area contributed by atoms with E-state index < -0.39 is 17.6 Å². The summed E-state index contributed by atoms with van der Waals surface area (Å²) >= 11 is 4.24. The van der Waals surface area contributed by atoms with Gasteiger partial charge in [0.15, 0.2) is 0 Å². The number of hydrogen-bond donors (Lipinski definition) is 1. The number of carbonyl (C=O) groups is 1. The number of nitrogens with zero attached hydrogens (tertiary/aromatic N) is 1. The third-order valence-corrected chi connectivity index (χ3v) is 3.62. The molecule has 23 heavy (non-hydrogen) atoms. The van der Waals surface area contributed by atoms with Crippen LogP contribution in [-0.2, 0) is 4.74 Å². The van der Waals surface area contributed by atoms with E-state index in [2.05, 4.69) is 12.6 Å². The fourth-order valence-corrected chi connectivity index (χ4v) is 2.22. The van der Waals surface area contributed by atoms with Crippen LogP contribution in [0.2, 0.25) is 0 Å². The molecule has 0 radical (unpaired) electrons. The highest BCUT2D eigenvalue weighted by Gasteiger charge is 2.14. The van der Waals surface area contributed by atoms with Gasteiger partial charge >= 0.3 is 5.97 Å². The SMILES string of the molecule is CN(C)CCOC(=O)c1cc(-c2ccc(F)cc2F)ccc1S. The van der Waals surface area contributed by atoms with E-state index in [9.17, 15) is 13.6 Å². The molecule has 0 amide bonds. The van der Waals surface area contributed by atoms with Crippen molar-refractivity contribution in [2.75, 3.05) is 27.2 Å². The van der Waals surface area contributed by atoms with Crippen molar-refractivity contribution in [2.24, 2.45) is 0 Å². The molecule has 0 aromatic heterocycles. The molecule has 2 rings (SSSR count). The van der Waals surface area contributed by atoms with Crippen molar-refractivity contribution in [3.8, 4) is 11.1 Å². The Hall–Kier alpha value is -1.92. The van der Waals surface area contributed by atoms with Gasteiger partial charge in [-0.3, -0.25) is 0 Å². The van der Waals surface area contributed by atoms with Gasteiger partial charge in [-0.1, -0.05) is 6.07 Å². The maximum absolute atomic E-state index is 13.9. The van der Waals surface area contributed by atoms with Crippen LogP contribution in [0, 0.1) is 11.6 Å². The molecule has 0 bridgehead atoms. The molecule has 0 unspecified atom stereocenters. The highest BCUT2D eigenvalue weighted by molar-refractivity contribution is 7.80. The predicted molar refractivity (Wildman–Crippen MR) is 87.9 cm³/mol. The van der Waals surface area contributed by atoms with Crippen LogP contribution in [0.4, 0.5) is 8.78 Å². The Balaban J connectivity index is 2.26. The van der Waals surface area contributed by atoms with Gasteiger partial charge in [-0.15, -0.1) is 12.6 Å². The third kappa shape index (κ3) is 4.53. The van der Waals surface area contributed by atoms with Crippen molar-refractivity contribution in [3.05, 3.63) is 53.6 Å². The molecule has 122 valence electrons. The molecule has 0 saturated carbocycles. The van der Waals surface area contributed by atoms with Crippen molar-refractivity contribution >= 4 is 18.6 Å². The predicted octanol–water partition coefficient (Wildman–Crippen LogP) is 3.64. The molecular formula is C17H17F2NO2S. The Labute approximate surface area is 139 Å². The second kappa shape index (κ2) is 7.57. The summed E-state index contributed by atoms with van der Waals surface area (Å²) in [6.45, 7) is 0.841. The van der Waals surface area contributed by atoms with Crippen LogP contribution in [0.25, 0.3) is 11.1 Å². The monoisotopic (exact) mass is 337 g/mol. The van der Waals surface area contributed by atoms with Crippen LogP contribution in [0.1, 0.15) is 10.4 Å². The zero-order valence-electron chi connectivity index (χ0n) is 12.8. The average molecular weight is 337 g/mol. The summed E-state index contributed by atoms with van der Waals surface area (Å²) < 4.78 is 32.1. The number of likely N-dealkylation sites (N-methyl/N-ethyl adjacent to an activating group) is 1. The molecule has 0 heterocycles. The molecule has 0 spiro atoms. The molecule has 2 aromatic rings. The van der Waals surface area contributed by atoms with Gasteiger partial charge in [0.25, 0.3) is 0 Å². The summed E-state index contributed by atoms with van der Waals surface area (Å²) in [4.78, 5) is 14.5. The molecule has 0 aliphatic rings. The topological polar surface area (TPSA) is 29.5 Å². The zero-order chi connectivity index (χ0) is 17.0. The van der Waals surface area contributed by atoms with Gasteiger partial charge < -0.3 is 9.64 Å². The Bertz CT molecular complexity index is 720. The third-order valence-electron chi connectivity index (χ3n) is 3.23. The van der Waals surface area contributed by atoms with Gasteiger partial charge in [0.1, 0.15) is 18.2 Å². The average Bonchev–Trinajstić information content (AvgIpc) is 2.47. The van der Waals surface area contributed by atoms with Crippen LogP contribution < -0.4 is 0 Å². The largest absolute Gasteiger partial charge is 0.461 e. The summed E-state index contributed by atoms with van der Waals surface area (Å²) in [5.74, 6) is -1.87. The number of rotatable bonds is 5. The fourth-order valence-electron chi connectivity index (χ4n) is 1.99. The van der Waals surface area contributed by atoms with E-state index in [1.54, 1.807) is 12.1 Å². The highest BCUT2D eigenvalue weighted by Crippen LogP contribution is 2.27. The van der Waals surface area contributed by atoms with Crippen LogP contribution >= 0.6 is 12.6 Å². The minimum absolute atomic E-state index is 0.210. The molecule has 0 saturated heterocycles. The van der Waals surface area contributed by atoms with Gasteiger partial charge in [0, 0.05) is 23.1 Å². The lowest BCUT2D eigenvalue weighted by molar-refractivity contribution is 0.0478. The minimum atomic E-state index is -0.691. The molecule has 0 aliphatic carbocycles. The smallest absolute Gasteiger partial charge is 0.339 e. The van der Waals surface area contributed by atoms with E-state index in [0.29, 0.717) is 17.0 Å². The van der Waals surface area contributed by atoms with Crippen molar-refractivity contribution in [2.45, 2.75) is 4.90 Å². The quantitative estimate of drug-likeness (QED) is 0.667. The van der Waals surface area contributed by atoms with E-state index in [4.69, 9.17) is 4.74 Å². The first kappa shape index (κ1) is 17.4. The zero-order valence-corrected chi connectivity index (χ0v) is 13.7. The summed E-state index contributed by atoms with van der Waals surface area (Å²) in [6.07, 6.45) is 0. The van der Waals surface area contributed by atoms with Crippen molar-refractivity contribution in [1.82, 2.24) is 4.90 Å². The lowest BCUT2D eigenvalue weighted by Gasteiger charge is -2.12. The first-order valence-corrected chi connectivity index (χ1v) is 7.43. The molecule has 3 nitrogen and oxygen atoms in total. The number of hydrogen-bond acceptors (Lipinski definition) is 4. The van der Waals surface area contributed by atoms with Gasteiger partial charge in [0.2, 0.25) is 0 Å². The summed E-state index contributed by atoms with van der Waals surface area (Å²) in [5, 5.41) is 0. The van der Waals surface area contributed by atoms with E-state index in [1.165, 1.54) is 18.2 Å². The molecule has 0 atom stereocenters. The summed E-state index contributed by atoms with van der Waals surface area (Å²) in [7, 11) is 3.74. The maximum Gasteiger partial charge on any atom is 0.339 e. The normalized spacial score (nSPS) is 10.9. The first-order chi connectivity index (χ1) is 10.9. The van der Waals surface area contributed by atoms with E-state index in [-0.39, 0.29) is 17.7 Å². The first-order valence-electron chi connectivity index (χ1n) is 6.99. The van der Waals surface area contributed by atoms with Crippen LogP contribution in [-0.4, -0.2) is 38.1 Å². The van der Waals surface area contributed by atoms with Crippen molar-refractivity contribution < 1.29 is 18.3 Å². The van der Waals surface area contributed by atoms with Gasteiger partial charge in [0.05, 0.1) is 5.56 Å². The van der Waals surface area contributed by atoms with Crippen LogP contribution in [0.5, 0.6) is 0 Å². The highest BCUT2D eigenvalue weighted by atomic mass is 32.1. The summed E-state index contributed by atoms with van der Waals surface area (Å²) in [6, 6.07) is 8.01. The number of carbonyl (C=O) groups excluding carboxylic acids is 1. The van der Waals surface area contributed by atoms with Crippen LogP contribution in [0.3, 0.4) is 0 Å². The molecule has 2 aromatic carbocycles. The van der Waals surface area contributed by atoms with Gasteiger partial charge in [-0.25, -0.2) is 13.6 Å². The standard InChI is InChI=1S/C17H17F2NO2S/c1-20(2)7-8-22-17(21)14-9-11(3-6-16(14)23)13-5-4-12(18)10-15(13)19/h3-6,9-10,23H,7-8H2,1-2H3. The van der Waals surface area contributed by atoms with E-state index in [1.807, 2.05) is 19.0 Å². The van der Waals surface area contributed by atoms with Crippen molar-refractivity contribution in [3.63, 3.8) is 0 Å². The molecule has 0 fully saturated rings. The Morgan fingerprint density at radius 1 is 1.17 bits per heavy atom.